The zero-order valence-corrected chi connectivity index (χ0v) is 11.9. The fraction of sp³-hybridized carbons (Fsp3) is 0.0833. The second kappa shape index (κ2) is 5.06. The van der Waals surface area contributed by atoms with Gasteiger partial charge in [0.2, 0.25) is 5.95 Å². The fourth-order valence-corrected chi connectivity index (χ4v) is 2.58. The number of alkyl halides is 3. The predicted octanol–water partition coefficient (Wildman–Crippen LogP) is 4.26. The molecule has 4 nitrogen and oxygen atoms in total. The molecule has 114 valence electrons. The van der Waals surface area contributed by atoms with Crippen molar-refractivity contribution < 1.29 is 17.6 Å². The summed E-state index contributed by atoms with van der Waals surface area (Å²) < 4.78 is 53.8. The smallest absolute Gasteiger partial charge is 0.197 e. The van der Waals surface area contributed by atoms with Gasteiger partial charge in [-0.15, -0.1) is 0 Å². The maximum atomic E-state index is 14.1. The Morgan fingerprint density at radius 3 is 2.55 bits per heavy atom. The van der Waals surface area contributed by atoms with Crippen molar-refractivity contribution >= 4 is 29.0 Å². The van der Waals surface area contributed by atoms with Crippen molar-refractivity contribution in [3.05, 3.63) is 46.2 Å². The molecule has 0 N–H and O–H groups in total. The van der Waals surface area contributed by atoms with Crippen LogP contribution in [0.3, 0.4) is 0 Å². The lowest BCUT2D eigenvalue weighted by Crippen LogP contribution is -2.07. The van der Waals surface area contributed by atoms with Crippen LogP contribution in [-0.2, 0) is 6.18 Å². The van der Waals surface area contributed by atoms with Crippen molar-refractivity contribution in [3.8, 4) is 11.1 Å². The molecule has 3 aromatic rings. The van der Waals surface area contributed by atoms with Crippen molar-refractivity contribution in [1.82, 2.24) is 19.6 Å². The highest BCUT2D eigenvalue weighted by Gasteiger charge is 2.34. The zero-order valence-electron chi connectivity index (χ0n) is 10.4. The third-order valence-electron chi connectivity index (χ3n) is 2.90. The lowest BCUT2D eigenvalue weighted by atomic mass is 10.0. The first kappa shape index (κ1) is 15.0. The normalized spacial score (nSPS) is 12.1. The third-order valence-corrected chi connectivity index (χ3v) is 3.66. The largest absolute Gasteiger partial charge is 0.417 e. The van der Waals surface area contributed by atoms with E-state index in [-0.39, 0.29) is 22.1 Å². The third kappa shape index (κ3) is 2.28. The lowest BCUT2D eigenvalue weighted by Gasteiger charge is -2.13. The molecule has 0 aliphatic carbocycles. The Kier molecular flexibility index (Phi) is 3.45. The van der Waals surface area contributed by atoms with Crippen molar-refractivity contribution in [1.29, 1.82) is 0 Å². The Balaban J connectivity index is 2.33. The summed E-state index contributed by atoms with van der Waals surface area (Å²) in [5.41, 5.74) is -1.71. The SMILES string of the molecule is Fc1nc2ncnn2c(Cl)c1-c1cccc(C(F)(F)F)c1Cl. The van der Waals surface area contributed by atoms with Crippen LogP contribution in [0.5, 0.6) is 0 Å². The minimum absolute atomic E-state index is 0.116. The topological polar surface area (TPSA) is 43.1 Å². The van der Waals surface area contributed by atoms with Gasteiger partial charge in [0, 0.05) is 5.56 Å². The first-order valence-corrected chi connectivity index (χ1v) is 6.47. The molecular weight excluding hydrogens is 347 g/mol. The number of fused-ring (bicyclic) bond motifs is 1. The Bertz CT molecular complexity index is 875. The molecule has 2 aromatic heterocycles. The zero-order chi connectivity index (χ0) is 16.1. The molecule has 0 aliphatic heterocycles. The van der Waals surface area contributed by atoms with Crippen LogP contribution in [0.1, 0.15) is 5.56 Å². The number of benzene rings is 1. The summed E-state index contributed by atoms with van der Waals surface area (Å²) in [6, 6.07) is 3.11. The maximum absolute atomic E-state index is 14.1. The molecule has 0 spiro atoms. The van der Waals surface area contributed by atoms with Crippen molar-refractivity contribution in [2.75, 3.05) is 0 Å². The van der Waals surface area contributed by atoms with Gasteiger partial charge in [-0.05, 0) is 6.07 Å². The van der Waals surface area contributed by atoms with Gasteiger partial charge >= 0.3 is 6.18 Å². The van der Waals surface area contributed by atoms with Crippen LogP contribution in [0.4, 0.5) is 17.6 Å². The number of nitrogens with zero attached hydrogens (tertiary/aromatic N) is 4. The molecule has 0 fully saturated rings. The first-order chi connectivity index (χ1) is 10.3. The van der Waals surface area contributed by atoms with Crippen LogP contribution in [-0.4, -0.2) is 19.6 Å². The van der Waals surface area contributed by atoms with E-state index in [0.717, 1.165) is 23.0 Å². The van der Waals surface area contributed by atoms with E-state index in [2.05, 4.69) is 15.1 Å². The molecule has 2 heterocycles. The molecule has 0 saturated heterocycles. The lowest BCUT2D eigenvalue weighted by molar-refractivity contribution is -0.137. The molecule has 0 atom stereocenters. The monoisotopic (exact) mass is 350 g/mol. The highest BCUT2D eigenvalue weighted by atomic mass is 35.5. The van der Waals surface area contributed by atoms with Crippen LogP contribution >= 0.6 is 23.2 Å². The van der Waals surface area contributed by atoms with Crippen LogP contribution < -0.4 is 0 Å². The summed E-state index contributed by atoms with van der Waals surface area (Å²) in [7, 11) is 0. The molecule has 3 rings (SSSR count). The Hall–Kier alpha value is -1.93. The predicted molar refractivity (Wildman–Crippen MR) is 71.2 cm³/mol. The van der Waals surface area contributed by atoms with Gasteiger partial charge in [-0.2, -0.15) is 37.1 Å². The van der Waals surface area contributed by atoms with Crippen LogP contribution in [0.15, 0.2) is 24.5 Å². The minimum Gasteiger partial charge on any atom is -0.197 e. The Morgan fingerprint density at radius 1 is 1.14 bits per heavy atom. The number of halogens is 6. The molecule has 0 aliphatic rings. The van der Waals surface area contributed by atoms with Gasteiger partial charge < -0.3 is 0 Å². The molecular formula is C12H4Cl2F4N4. The van der Waals surface area contributed by atoms with Crippen molar-refractivity contribution in [3.63, 3.8) is 0 Å². The van der Waals surface area contributed by atoms with Gasteiger partial charge in [0.25, 0.3) is 5.78 Å². The van der Waals surface area contributed by atoms with E-state index in [1.807, 2.05) is 0 Å². The molecule has 0 radical (unpaired) electrons. The van der Waals surface area contributed by atoms with Crippen LogP contribution in [0, 0.1) is 5.95 Å². The summed E-state index contributed by atoms with van der Waals surface area (Å²) in [5, 5.41) is 2.78. The van der Waals surface area contributed by atoms with E-state index in [9.17, 15) is 17.6 Å². The van der Waals surface area contributed by atoms with Gasteiger partial charge in [-0.3, -0.25) is 0 Å². The summed E-state index contributed by atoms with van der Waals surface area (Å²) >= 11 is 11.8. The second-order valence-corrected chi connectivity index (χ2v) is 4.94. The van der Waals surface area contributed by atoms with Gasteiger partial charge in [0.1, 0.15) is 11.5 Å². The number of hydrogen-bond donors (Lipinski definition) is 0. The van der Waals surface area contributed by atoms with Crippen LogP contribution in [0.25, 0.3) is 16.9 Å². The molecule has 22 heavy (non-hydrogen) atoms. The van der Waals surface area contributed by atoms with Crippen molar-refractivity contribution in [2.24, 2.45) is 0 Å². The Labute approximate surface area is 130 Å². The summed E-state index contributed by atoms with van der Waals surface area (Å²) in [6.07, 6.45) is -3.59. The number of hydrogen-bond acceptors (Lipinski definition) is 3. The van der Waals surface area contributed by atoms with E-state index in [4.69, 9.17) is 23.2 Å². The summed E-state index contributed by atoms with van der Waals surface area (Å²) in [6.45, 7) is 0. The Morgan fingerprint density at radius 2 is 1.86 bits per heavy atom. The number of rotatable bonds is 1. The van der Waals surface area contributed by atoms with E-state index in [1.165, 1.54) is 6.07 Å². The molecule has 0 bridgehead atoms. The molecule has 10 heteroatoms. The van der Waals surface area contributed by atoms with Gasteiger partial charge in [-0.1, -0.05) is 35.3 Å². The highest BCUT2D eigenvalue weighted by molar-refractivity contribution is 6.36. The second-order valence-electron chi connectivity index (χ2n) is 4.21. The quantitative estimate of drug-likeness (QED) is 0.486. The van der Waals surface area contributed by atoms with Crippen molar-refractivity contribution in [2.45, 2.75) is 6.18 Å². The van der Waals surface area contributed by atoms with E-state index in [1.54, 1.807) is 0 Å². The number of aromatic nitrogens is 4. The van der Waals surface area contributed by atoms with E-state index < -0.39 is 22.7 Å². The molecule has 1 aromatic carbocycles. The standard InChI is InChI=1S/C12H4Cl2F4N4/c13-8-5(2-1-3-6(8)12(16,17)18)7-9(14)22-11(19-4-20-22)21-10(7)15/h1-4H. The van der Waals surface area contributed by atoms with Gasteiger partial charge in [-0.25, -0.2) is 0 Å². The first-order valence-electron chi connectivity index (χ1n) is 5.71. The highest BCUT2D eigenvalue weighted by Crippen LogP contribution is 2.41. The van der Waals surface area contributed by atoms with Gasteiger partial charge in [0.05, 0.1) is 16.1 Å². The van der Waals surface area contributed by atoms with Crippen LogP contribution in [0.2, 0.25) is 10.2 Å². The fourth-order valence-electron chi connectivity index (χ4n) is 1.95. The average Bonchev–Trinajstić information content (AvgIpc) is 2.87. The van der Waals surface area contributed by atoms with E-state index >= 15 is 0 Å². The minimum atomic E-state index is -4.68. The maximum Gasteiger partial charge on any atom is 0.417 e. The summed E-state index contributed by atoms with van der Waals surface area (Å²) in [5.74, 6) is -1.21. The van der Waals surface area contributed by atoms with E-state index in [0.29, 0.717) is 0 Å². The molecule has 0 amide bonds. The summed E-state index contributed by atoms with van der Waals surface area (Å²) in [4.78, 5) is 7.16. The average molecular weight is 351 g/mol. The molecule has 0 unspecified atom stereocenters. The molecule has 0 saturated carbocycles. The van der Waals surface area contributed by atoms with Gasteiger partial charge in [0.15, 0.2) is 0 Å².